The molecule has 0 amide bonds. The molecule has 4 rings (SSSR count). The number of rotatable bonds is 10. The Bertz CT molecular complexity index is 1150. The molecular weight excluding hydrogens is 512 g/mol. The van der Waals surface area contributed by atoms with Gasteiger partial charge in [0.1, 0.15) is 12.1 Å². The molecule has 9 heteroatoms. The third kappa shape index (κ3) is 6.82. The molecule has 186 valence electrons. The summed E-state index contributed by atoms with van der Waals surface area (Å²) in [5.74, 6) is 2.31. The van der Waals surface area contributed by atoms with Gasteiger partial charge in [-0.3, -0.25) is 9.69 Å². The highest BCUT2D eigenvalue weighted by atomic mass is 79.9. The van der Waals surface area contributed by atoms with Crippen molar-refractivity contribution >= 4 is 44.3 Å². The number of aromatic nitrogens is 2. The Balaban J connectivity index is 1.46. The molecule has 1 aromatic heterocycles. The van der Waals surface area contributed by atoms with Crippen LogP contribution in [0.2, 0.25) is 0 Å². The molecule has 1 fully saturated rings. The van der Waals surface area contributed by atoms with Crippen molar-refractivity contribution in [2.45, 2.75) is 26.7 Å². The lowest BCUT2D eigenvalue weighted by molar-refractivity contribution is -0.144. The van der Waals surface area contributed by atoms with Crippen molar-refractivity contribution in [3.63, 3.8) is 0 Å². The van der Waals surface area contributed by atoms with Crippen LogP contribution in [-0.2, 0) is 9.53 Å². The second-order valence-electron chi connectivity index (χ2n) is 8.44. The SMILES string of the molecule is CCOC(=O)CN1CCC(COc2cc3c(Nc4cccc(Br)c4)ncnc3cc2OCC)CC1. The highest BCUT2D eigenvalue weighted by Crippen LogP contribution is 2.36. The molecule has 35 heavy (non-hydrogen) atoms. The molecule has 0 radical (unpaired) electrons. The van der Waals surface area contributed by atoms with E-state index < -0.39 is 0 Å². The predicted molar refractivity (Wildman–Crippen MR) is 139 cm³/mol. The van der Waals surface area contributed by atoms with Crippen LogP contribution in [0.25, 0.3) is 10.9 Å². The summed E-state index contributed by atoms with van der Waals surface area (Å²) in [4.78, 5) is 22.8. The van der Waals surface area contributed by atoms with Gasteiger partial charge in [-0.15, -0.1) is 0 Å². The zero-order valence-corrected chi connectivity index (χ0v) is 21.7. The maximum Gasteiger partial charge on any atom is 0.320 e. The van der Waals surface area contributed by atoms with E-state index in [-0.39, 0.29) is 5.97 Å². The molecule has 0 bridgehead atoms. The number of nitrogens with one attached hydrogen (secondary N) is 1. The number of fused-ring (bicyclic) bond motifs is 1. The van der Waals surface area contributed by atoms with Gasteiger partial charge in [0.2, 0.25) is 0 Å². The van der Waals surface area contributed by atoms with Crippen LogP contribution in [0.5, 0.6) is 11.5 Å². The summed E-state index contributed by atoms with van der Waals surface area (Å²) < 4.78 is 18.2. The zero-order valence-electron chi connectivity index (χ0n) is 20.1. The maximum atomic E-state index is 11.7. The first-order valence-electron chi connectivity index (χ1n) is 12.0. The lowest BCUT2D eigenvalue weighted by Gasteiger charge is -2.31. The fourth-order valence-electron chi connectivity index (χ4n) is 4.16. The largest absolute Gasteiger partial charge is 0.490 e. The van der Waals surface area contributed by atoms with Crippen molar-refractivity contribution in [3.8, 4) is 11.5 Å². The van der Waals surface area contributed by atoms with Crippen LogP contribution in [0, 0.1) is 5.92 Å². The molecule has 1 saturated heterocycles. The maximum absolute atomic E-state index is 11.7. The molecule has 1 N–H and O–H groups in total. The van der Waals surface area contributed by atoms with E-state index in [0.29, 0.717) is 49.6 Å². The van der Waals surface area contributed by atoms with Gasteiger partial charge in [0.25, 0.3) is 0 Å². The first kappa shape index (κ1) is 25.2. The number of carbonyl (C=O) groups excluding carboxylic acids is 1. The Morgan fingerprint density at radius 3 is 2.63 bits per heavy atom. The van der Waals surface area contributed by atoms with Gasteiger partial charge in [-0.05, 0) is 70.0 Å². The van der Waals surface area contributed by atoms with E-state index in [1.807, 2.05) is 50.2 Å². The standard InChI is InChI=1S/C26H31BrN4O4/c1-3-33-24-14-22-21(26(29-17-28-22)30-20-7-5-6-19(27)12-20)13-23(24)35-16-18-8-10-31(11-9-18)15-25(32)34-4-2/h5-7,12-14,17-18H,3-4,8-11,15-16H2,1-2H3,(H,28,29,30). The molecule has 3 aromatic rings. The minimum Gasteiger partial charge on any atom is -0.490 e. The third-order valence-electron chi connectivity index (χ3n) is 5.93. The molecule has 1 aliphatic rings. The summed E-state index contributed by atoms with van der Waals surface area (Å²) >= 11 is 3.51. The van der Waals surface area contributed by atoms with Crippen LogP contribution in [0.1, 0.15) is 26.7 Å². The minimum atomic E-state index is -0.158. The van der Waals surface area contributed by atoms with Gasteiger partial charge in [0.05, 0.1) is 31.9 Å². The van der Waals surface area contributed by atoms with Crippen LogP contribution in [0.4, 0.5) is 11.5 Å². The first-order chi connectivity index (χ1) is 17.1. The zero-order chi connectivity index (χ0) is 24.6. The molecule has 0 aliphatic carbocycles. The number of likely N-dealkylation sites (tertiary alicyclic amines) is 1. The van der Waals surface area contributed by atoms with Crippen LogP contribution >= 0.6 is 15.9 Å². The number of piperidine rings is 1. The lowest BCUT2D eigenvalue weighted by Crippen LogP contribution is -2.39. The molecule has 0 spiro atoms. The summed E-state index contributed by atoms with van der Waals surface area (Å²) in [5, 5.41) is 4.24. The highest BCUT2D eigenvalue weighted by molar-refractivity contribution is 9.10. The molecule has 8 nitrogen and oxygen atoms in total. The van der Waals surface area contributed by atoms with Gasteiger partial charge in [0, 0.05) is 21.6 Å². The van der Waals surface area contributed by atoms with Crippen molar-refractivity contribution in [1.29, 1.82) is 0 Å². The van der Waals surface area contributed by atoms with Crippen molar-refractivity contribution in [2.24, 2.45) is 5.92 Å². The van der Waals surface area contributed by atoms with E-state index in [2.05, 4.69) is 36.1 Å². The van der Waals surface area contributed by atoms with Crippen molar-refractivity contribution in [1.82, 2.24) is 14.9 Å². The Hall–Kier alpha value is -2.91. The van der Waals surface area contributed by atoms with Crippen LogP contribution in [0.15, 0.2) is 47.2 Å². The van der Waals surface area contributed by atoms with Gasteiger partial charge in [-0.25, -0.2) is 9.97 Å². The average molecular weight is 543 g/mol. The van der Waals surface area contributed by atoms with Crippen LogP contribution in [-0.4, -0.2) is 60.3 Å². The summed E-state index contributed by atoms with van der Waals surface area (Å²) in [6, 6.07) is 11.8. The fraction of sp³-hybridized carbons (Fsp3) is 0.423. The van der Waals surface area contributed by atoms with Gasteiger partial charge >= 0.3 is 5.97 Å². The molecular formula is C26H31BrN4O4. The number of carbonyl (C=O) groups is 1. The summed E-state index contributed by atoms with van der Waals surface area (Å²) in [6.07, 6.45) is 3.48. The molecule has 0 saturated carbocycles. The van der Waals surface area contributed by atoms with Gasteiger partial charge in [-0.2, -0.15) is 0 Å². The van der Waals surface area contributed by atoms with E-state index in [9.17, 15) is 4.79 Å². The van der Waals surface area contributed by atoms with Gasteiger partial charge in [-0.1, -0.05) is 22.0 Å². The molecule has 2 aromatic carbocycles. The quantitative estimate of drug-likeness (QED) is 0.350. The topological polar surface area (TPSA) is 85.8 Å². The van der Waals surface area contributed by atoms with Crippen molar-refractivity contribution in [3.05, 3.63) is 47.2 Å². The number of benzene rings is 2. The van der Waals surface area contributed by atoms with E-state index >= 15 is 0 Å². The van der Waals surface area contributed by atoms with Crippen LogP contribution in [0.3, 0.4) is 0 Å². The number of ether oxygens (including phenoxy) is 3. The summed E-state index contributed by atoms with van der Waals surface area (Å²) in [6.45, 7) is 7.39. The average Bonchev–Trinajstić information content (AvgIpc) is 2.84. The van der Waals surface area contributed by atoms with E-state index in [0.717, 1.165) is 47.0 Å². The monoisotopic (exact) mass is 542 g/mol. The van der Waals surface area contributed by atoms with E-state index in [4.69, 9.17) is 14.2 Å². The Morgan fingerprint density at radius 1 is 1.09 bits per heavy atom. The second kappa shape index (κ2) is 12.2. The van der Waals surface area contributed by atoms with Crippen LogP contribution < -0.4 is 14.8 Å². The number of anilines is 2. The number of hydrogen-bond acceptors (Lipinski definition) is 8. The Kier molecular flexibility index (Phi) is 8.76. The second-order valence-corrected chi connectivity index (χ2v) is 9.36. The smallest absolute Gasteiger partial charge is 0.320 e. The number of esters is 1. The summed E-state index contributed by atoms with van der Waals surface area (Å²) in [5.41, 5.74) is 1.70. The lowest BCUT2D eigenvalue weighted by atomic mass is 9.98. The number of halogens is 1. The Morgan fingerprint density at radius 2 is 1.89 bits per heavy atom. The van der Waals surface area contributed by atoms with Gasteiger partial charge in [0.15, 0.2) is 11.5 Å². The Labute approximate surface area is 214 Å². The molecule has 2 heterocycles. The molecule has 0 unspecified atom stereocenters. The summed E-state index contributed by atoms with van der Waals surface area (Å²) in [7, 11) is 0. The van der Waals surface area contributed by atoms with Crippen molar-refractivity contribution < 1.29 is 19.0 Å². The first-order valence-corrected chi connectivity index (χ1v) is 12.8. The number of hydrogen-bond donors (Lipinski definition) is 1. The third-order valence-corrected chi connectivity index (χ3v) is 6.42. The van der Waals surface area contributed by atoms with E-state index in [1.54, 1.807) is 6.33 Å². The van der Waals surface area contributed by atoms with E-state index in [1.165, 1.54) is 0 Å². The fourth-order valence-corrected chi connectivity index (χ4v) is 4.55. The molecule has 0 atom stereocenters. The number of nitrogens with zero attached hydrogens (tertiary/aromatic N) is 3. The predicted octanol–water partition coefficient (Wildman–Crippen LogP) is 5.19. The highest BCUT2D eigenvalue weighted by Gasteiger charge is 2.22. The normalized spacial score (nSPS) is 14.6. The molecule has 1 aliphatic heterocycles. The minimum absolute atomic E-state index is 0.158. The van der Waals surface area contributed by atoms with Crippen molar-refractivity contribution in [2.75, 3.05) is 44.8 Å². The van der Waals surface area contributed by atoms with Gasteiger partial charge < -0.3 is 19.5 Å².